The van der Waals surface area contributed by atoms with Crippen molar-refractivity contribution in [3.63, 3.8) is 0 Å². The van der Waals surface area contributed by atoms with E-state index in [2.05, 4.69) is 15.4 Å². The summed E-state index contributed by atoms with van der Waals surface area (Å²) < 4.78 is 1.80. The summed E-state index contributed by atoms with van der Waals surface area (Å²) in [6.45, 7) is 1.31. The van der Waals surface area contributed by atoms with Crippen molar-refractivity contribution in [2.45, 2.75) is 44.2 Å². The van der Waals surface area contributed by atoms with Crippen LogP contribution in [0.25, 0.3) is 0 Å². The molecule has 21 heavy (non-hydrogen) atoms. The van der Waals surface area contributed by atoms with E-state index in [1.165, 1.54) is 6.42 Å². The molecule has 6 heteroatoms. The molecule has 0 bridgehead atoms. The first-order chi connectivity index (χ1) is 10.0. The van der Waals surface area contributed by atoms with Crippen LogP contribution in [0.15, 0.2) is 17.4 Å². The summed E-state index contributed by atoms with van der Waals surface area (Å²) in [7, 11) is 5.68. The highest BCUT2D eigenvalue weighted by Gasteiger charge is 2.29. The fourth-order valence-corrected chi connectivity index (χ4v) is 2.92. The lowest BCUT2D eigenvalue weighted by Crippen LogP contribution is -2.48. The first-order valence-electron chi connectivity index (χ1n) is 7.64. The molecule has 1 fully saturated rings. The summed E-state index contributed by atoms with van der Waals surface area (Å²) in [4.78, 5) is 6.34. The first kappa shape index (κ1) is 15.8. The Morgan fingerprint density at radius 2 is 2.19 bits per heavy atom. The van der Waals surface area contributed by atoms with Gasteiger partial charge in [-0.2, -0.15) is 5.10 Å². The van der Waals surface area contributed by atoms with Gasteiger partial charge >= 0.3 is 0 Å². The molecule has 0 atom stereocenters. The van der Waals surface area contributed by atoms with E-state index in [-0.39, 0.29) is 0 Å². The van der Waals surface area contributed by atoms with Gasteiger partial charge in [-0.25, -0.2) is 0 Å². The molecule has 1 saturated carbocycles. The Morgan fingerprint density at radius 3 is 2.76 bits per heavy atom. The van der Waals surface area contributed by atoms with Gasteiger partial charge in [0.2, 0.25) is 0 Å². The van der Waals surface area contributed by atoms with Crippen molar-refractivity contribution in [2.24, 2.45) is 12.0 Å². The van der Waals surface area contributed by atoms with E-state index in [4.69, 9.17) is 0 Å². The fraction of sp³-hybridized carbons (Fsp3) is 0.733. The predicted octanol–water partition coefficient (Wildman–Crippen LogP) is 1.12. The zero-order chi connectivity index (χ0) is 15.3. The largest absolute Gasteiger partial charge is 0.388 e. The summed E-state index contributed by atoms with van der Waals surface area (Å²) in [5.41, 5.74) is 0.558. The lowest BCUT2D eigenvalue weighted by molar-refractivity contribution is 0.00819. The van der Waals surface area contributed by atoms with Crippen molar-refractivity contribution < 1.29 is 5.11 Å². The van der Waals surface area contributed by atoms with Crippen molar-refractivity contribution in [2.75, 3.05) is 20.6 Å². The van der Waals surface area contributed by atoms with Gasteiger partial charge in [-0.3, -0.25) is 9.67 Å². The predicted molar refractivity (Wildman–Crippen MR) is 84.1 cm³/mol. The average Bonchev–Trinajstić information content (AvgIpc) is 2.85. The van der Waals surface area contributed by atoms with Crippen LogP contribution in [-0.4, -0.2) is 52.0 Å². The molecular weight excluding hydrogens is 266 g/mol. The molecule has 2 N–H and O–H groups in total. The molecule has 0 aromatic carbocycles. The molecule has 1 aromatic heterocycles. The molecule has 2 rings (SSSR count). The van der Waals surface area contributed by atoms with Gasteiger partial charge in [0.1, 0.15) is 0 Å². The zero-order valence-corrected chi connectivity index (χ0v) is 13.3. The maximum Gasteiger partial charge on any atom is 0.193 e. The van der Waals surface area contributed by atoms with Crippen LogP contribution in [-0.2, 0) is 13.6 Å². The van der Waals surface area contributed by atoms with E-state index < -0.39 is 5.60 Å². The number of guanidine groups is 1. The monoisotopic (exact) mass is 293 g/mol. The SMILES string of the molecule is CN=C(NCC1(O)CCCCC1)N(C)Cc1cnn(C)c1. The van der Waals surface area contributed by atoms with Gasteiger partial charge in [0, 0.05) is 46.0 Å². The van der Waals surface area contributed by atoms with Crippen molar-refractivity contribution in [1.82, 2.24) is 20.0 Å². The Labute approximate surface area is 126 Å². The third kappa shape index (κ3) is 4.46. The Hall–Kier alpha value is -1.56. The molecule has 0 unspecified atom stereocenters. The fourth-order valence-electron chi connectivity index (χ4n) is 2.92. The van der Waals surface area contributed by atoms with Crippen LogP contribution < -0.4 is 5.32 Å². The molecule has 0 amide bonds. The third-order valence-corrected chi connectivity index (χ3v) is 4.11. The summed E-state index contributed by atoms with van der Waals surface area (Å²) in [5, 5.41) is 18.0. The molecule has 0 radical (unpaired) electrons. The van der Waals surface area contributed by atoms with Crippen molar-refractivity contribution in [3.8, 4) is 0 Å². The van der Waals surface area contributed by atoms with Crippen LogP contribution in [0.1, 0.15) is 37.7 Å². The molecule has 1 aliphatic carbocycles. The van der Waals surface area contributed by atoms with E-state index in [1.54, 1.807) is 11.7 Å². The van der Waals surface area contributed by atoms with E-state index in [1.807, 2.05) is 31.4 Å². The number of aromatic nitrogens is 2. The van der Waals surface area contributed by atoms with E-state index in [0.717, 1.165) is 43.8 Å². The number of aliphatic imine (C=N–C) groups is 1. The standard InChI is InChI=1S/C15H27N5O/c1-16-14(17-12-15(21)7-5-4-6-8-15)19(2)10-13-9-18-20(3)11-13/h9,11,21H,4-8,10,12H2,1-3H3,(H,16,17). The molecule has 1 aliphatic rings. The summed E-state index contributed by atoms with van der Waals surface area (Å²) in [6.07, 6.45) is 9.08. The number of rotatable bonds is 4. The molecule has 6 nitrogen and oxygen atoms in total. The Morgan fingerprint density at radius 1 is 1.48 bits per heavy atom. The Kier molecular flexibility index (Phi) is 5.22. The molecule has 1 heterocycles. The topological polar surface area (TPSA) is 65.7 Å². The van der Waals surface area contributed by atoms with Gasteiger partial charge < -0.3 is 15.3 Å². The molecule has 0 aliphatic heterocycles. The van der Waals surface area contributed by atoms with Gasteiger partial charge in [-0.15, -0.1) is 0 Å². The van der Waals surface area contributed by atoms with E-state index in [9.17, 15) is 5.11 Å². The van der Waals surface area contributed by atoms with Gasteiger partial charge in [-0.1, -0.05) is 19.3 Å². The highest BCUT2D eigenvalue weighted by molar-refractivity contribution is 5.79. The van der Waals surface area contributed by atoms with Crippen LogP contribution in [0.3, 0.4) is 0 Å². The van der Waals surface area contributed by atoms with Crippen molar-refractivity contribution in [1.29, 1.82) is 0 Å². The van der Waals surface area contributed by atoms with E-state index >= 15 is 0 Å². The van der Waals surface area contributed by atoms with Gasteiger partial charge in [0.15, 0.2) is 5.96 Å². The Bertz CT molecular complexity index is 476. The second-order valence-electron chi connectivity index (χ2n) is 6.06. The first-order valence-corrected chi connectivity index (χ1v) is 7.64. The number of aliphatic hydroxyl groups is 1. The van der Waals surface area contributed by atoms with Crippen LogP contribution in [0.2, 0.25) is 0 Å². The minimum absolute atomic E-state index is 0.567. The van der Waals surface area contributed by atoms with Gasteiger partial charge in [0.25, 0.3) is 0 Å². The van der Waals surface area contributed by atoms with Gasteiger partial charge in [0.05, 0.1) is 11.8 Å². The van der Waals surface area contributed by atoms with Crippen LogP contribution >= 0.6 is 0 Å². The minimum Gasteiger partial charge on any atom is -0.388 e. The summed E-state index contributed by atoms with van der Waals surface area (Å²) in [5.74, 6) is 0.804. The normalized spacial score (nSPS) is 18.6. The molecular formula is C15H27N5O. The number of nitrogens with one attached hydrogen (secondary N) is 1. The average molecular weight is 293 g/mol. The maximum absolute atomic E-state index is 10.5. The van der Waals surface area contributed by atoms with E-state index in [0.29, 0.717) is 6.54 Å². The molecule has 1 aromatic rings. The second kappa shape index (κ2) is 6.93. The second-order valence-corrected chi connectivity index (χ2v) is 6.06. The minimum atomic E-state index is -0.580. The quantitative estimate of drug-likeness (QED) is 0.645. The van der Waals surface area contributed by atoms with Gasteiger partial charge in [-0.05, 0) is 12.8 Å². The van der Waals surface area contributed by atoms with Crippen LogP contribution in [0, 0.1) is 0 Å². The number of hydrogen-bond donors (Lipinski definition) is 2. The smallest absolute Gasteiger partial charge is 0.193 e. The molecule has 118 valence electrons. The number of aryl methyl sites for hydroxylation is 1. The van der Waals surface area contributed by atoms with Crippen molar-refractivity contribution >= 4 is 5.96 Å². The molecule has 0 saturated heterocycles. The third-order valence-electron chi connectivity index (χ3n) is 4.11. The highest BCUT2D eigenvalue weighted by atomic mass is 16.3. The lowest BCUT2D eigenvalue weighted by Gasteiger charge is -2.33. The summed E-state index contributed by atoms with van der Waals surface area (Å²) >= 11 is 0. The zero-order valence-electron chi connectivity index (χ0n) is 13.3. The highest BCUT2D eigenvalue weighted by Crippen LogP contribution is 2.27. The number of hydrogen-bond acceptors (Lipinski definition) is 3. The lowest BCUT2D eigenvalue weighted by atomic mass is 9.85. The Balaban J connectivity index is 1.87. The van der Waals surface area contributed by atoms with Crippen LogP contribution in [0.5, 0.6) is 0 Å². The summed E-state index contributed by atoms with van der Waals surface area (Å²) in [6, 6.07) is 0. The number of nitrogens with zero attached hydrogens (tertiary/aromatic N) is 4. The van der Waals surface area contributed by atoms with Crippen LogP contribution in [0.4, 0.5) is 0 Å². The maximum atomic E-state index is 10.5. The molecule has 0 spiro atoms. The van der Waals surface area contributed by atoms with Crippen molar-refractivity contribution in [3.05, 3.63) is 18.0 Å².